The fraction of sp³-hybridized carbons (Fsp3) is 0.167. The summed E-state index contributed by atoms with van der Waals surface area (Å²) in [5.74, 6) is 0.797. The number of rotatable bonds is 8. The molecule has 2 N–H and O–H groups in total. The predicted molar refractivity (Wildman–Crippen MR) is 127 cm³/mol. The zero-order valence-electron chi connectivity index (χ0n) is 18.2. The van der Waals surface area contributed by atoms with Crippen LogP contribution in [-0.2, 0) is 18.4 Å². The Morgan fingerprint density at radius 2 is 1.82 bits per heavy atom. The Morgan fingerprint density at radius 3 is 2.58 bits per heavy atom. The second-order valence-corrected chi connectivity index (χ2v) is 8.34. The maximum atomic E-state index is 12.7. The van der Waals surface area contributed by atoms with Gasteiger partial charge in [-0.15, -0.1) is 10.2 Å². The molecule has 4 rings (SSSR count). The van der Waals surface area contributed by atoms with Crippen molar-refractivity contribution in [3.05, 3.63) is 83.6 Å². The van der Waals surface area contributed by atoms with Crippen LogP contribution in [0.3, 0.4) is 0 Å². The fourth-order valence-electron chi connectivity index (χ4n) is 3.15. The number of carbonyl (C=O) groups excluding carboxylic acids is 2. The molecule has 0 radical (unpaired) electrons. The molecule has 0 aliphatic heterocycles. The lowest BCUT2D eigenvalue weighted by atomic mass is 10.1. The number of thioether (sulfide) groups is 1. The van der Waals surface area contributed by atoms with Crippen molar-refractivity contribution in [3.8, 4) is 11.6 Å². The molecular weight excluding hydrogens is 438 g/mol. The Bertz CT molecular complexity index is 1250. The highest BCUT2D eigenvalue weighted by molar-refractivity contribution is 7.99. The molecule has 0 fully saturated rings. The molecule has 0 spiro atoms. The van der Waals surface area contributed by atoms with E-state index in [1.165, 1.54) is 11.8 Å². The van der Waals surface area contributed by atoms with Crippen LogP contribution in [0.1, 0.15) is 21.5 Å². The van der Waals surface area contributed by atoms with Crippen LogP contribution in [0.4, 0.5) is 5.69 Å². The number of hydrogen-bond donors (Lipinski definition) is 2. The van der Waals surface area contributed by atoms with E-state index in [1.54, 1.807) is 47.2 Å². The SMILES string of the molecule is Cc1ccc(CNC(=O)c2ccccc2NC(=O)CSc2nnc(-c3ccco3)n2C)cc1. The third-order valence-electron chi connectivity index (χ3n) is 4.93. The zero-order valence-corrected chi connectivity index (χ0v) is 19.1. The minimum absolute atomic E-state index is 0.115. The van der Waals surface area contributed by atoms with Crippen molar-refractivity contribution in [1.82, 2.24) is 20.1 Å². The van der Waals surface area contributed by atoms with Crippen molar-refractivity contribution in [3.63, 3.8) is 0 Å². The van der Waals surface area contributed by atoms with Crippen LogP contribution < -0.4 is 10.6 Å². The average molecular weight is 462 g/mol. The monoisotopic (exact) mass is 461 g/mol. The predicted octanol–water partition coefficient (Wildman–Crippen LogP) is 4.04. The Kier molecular flexibility index (Phi) is 6.89. The van der Waals surface area contributed by atoms with Crippen LogP contribution in [0.2, 0.25) is 0 Å². The Hall–Kier alpha value is -3.85. The molecule has 0 unspecified atom stereocenters. The van der Waals surface area contributed by atoms with Crippen molar-refractivity contribution in [2.75, 3.05) is 11.1 Å². The highest BCUT2D eigenvalue weighted by Gasteiger charge is 2.16. The maximum Gasteiger partial charge on any atom is 0.253 e. The number of aromatic nitrogens is 3. The molecule has 168 valence electrons. The highest BCUT2D eigenvalue weighted by atomic mass is 32.2. The van der Waals surface area contributed by atoms with Crippen molar-refractivity contribution in [2.24, 2.45) is 7.05 Å². The molecule has 33 heavy (non-hydrogen) atoms. The maximum absolute atomic E-state index is 12.7. The second kappa shape index (κ2) is 10.2. The van der Waals surface area contributed by atoms with Crippen molar-refractivity contribution < 1.29 is 14.0 Å². The molecule has 9 heteroatoms. The largest absolute Gasteiger partial charge is 0.461 e. The van der Waals surface area contributed by atoms with Crippen molar-refractivity contribution >= 4 is 29.3 Å². The van der Waals surface area contributed by atoms with E-state index in [4.69, 9.17) is 4.42 Å². The quantitative estimate of drug-likeness (QED) is 0.384. The van der Waals surface area contributed by atoms with E-state index < -0.39 is 0 Å². The van der Waals surface area contributed by atoms with Crippen LogP contribution in [-0.4, -0.2) is 32.3 Å². The van der Waals surface area contributed by atoms with Gasteiger partial charge < -0.3 is 19.6 Å². The van der Waals surface area contributed by atoms with Crippen LogP contribution in [0.25, 0.3) is 11.6 Å². The first-order chi connectivity index (χ1) is 16.0. The van der Waals surface area contributed by atoms with Crippen LogP contribution in [0.5, 0.6) is 0 Å². The summed E-state index contributed by atoms with van der Waals surface area (Å²) in [5.41, 5.74) is 3.03. The first-order valence-corrected chi connectivity index (χ1v) is 11.3. The van der Waals surface area contributed by atoms with E-state index in [1.807, 2.05) is 38.2 Å². The number of benzene rings is 2. The molecule has 4 aromatic rings. The first-order valence-electron chi connectivity index (χ1n) is 10.3. The smallest absolute Gasteiger partial charge is 0.253 e. The summed E-state index contributed by atoms with van der Waals surface area (Å²) in [6.45, 7) is 2.42. The van der Waals surface area contributed by atoms with E-state index in [0.29, 0.717) is 34.5 Å². The van der Waals surface area contributed by atoms with E-state index >= 15 is 0 Å². The van der Waals surface area contributed by atoms with Gasteiger partial charge >= 0.3 is 0 Å². The fourth-order valence-corrected chi connectivity index (χ4v) is 3.86. The van der Waals surface area contributed by atoms with Gasteiger partial charge in [-0.05, 0) is 36.8 Å². The molecule has 2 aromatic heterocycles. The molecule has 0 atom stereocenters. The average Bonchev–Trinajstić information content (AvgIpc) is 3.47. The lowest BCUT2D eigenvalue weighted by molar-refractivity contribution is -0.113. The van der Waals surface area contributed by atoms with Gasteiger partial charge in [0.05, 0.1) is 23.3 Å². The minimum atomic E-state index is -0.254. The third kappa shape index (κ3) is 5.50. The van der Waals surface area contributed by atoms with Gasteiger partial charge in [0.25, 0.3) is 5.91 Å². The number of anilines is 1. The van der Waals surface area contributed by atoms with Crippen LogP contribution >= 0.6 is 11.8 Å². The lowest BCUT2D eigenvalue weighted by Crippen LogP contribution is -2.25. The van der Waals surface area contributed by atoms with Gasteiger partial charge in [0.2, 0.25) is 5.91 Å². The molecule has 2 aromatic carbocycles. The summed E-state index contributed by atoms with van der Waals surface area (Å²) in [6.07, 6.45) is 1.57. The molecule has 8 nitrogen and oxygen atoms in total. The topological polar surface area (TPSA) is 102 Å². The molecular formula is C24H23N5O3S. The molecule has 2 amide bonds. The van der Waals surface area contributed by atoms with Crippen LogP contribution in [0.15, 0.2) is 76.5 Å². The van der Waals surface area contributed by atoms with Gasteiger partial charge in [-0.3, -0.25) is 9.59 Å². The molecule has 0 bridgehead atoms. The lowest BCUT2D eigenvalue weighted by Gasteiger charge is -2.11. The number of hydrogen-bond acceptors (Lipinski definition) is 6. The van der Waals surface area contributed by atoms with Gasteiger partial charge in [-0.25, -0.2) is 0 Å². The van der Waals surface area contributed by atoms with Crippen molar-refractivity contribution in [1.29, 1.82) is 0 Å². The summed E-state index contributed by atoms with van der Waals surface area (Å²) in [6, 6.07) is 18.5. The van der Waals surface area contributed by atoms with Gasteiger partial charge in [0, 0.05) is 13.6 Å². The standard InChI is InChI=1S/C24H23N5O3S/c1-16-9-11-17(12-10-16)14-25-23(31)18-6-3-4-7-19(18)26-21(30)15-33-24-28-27-22(29(24)2)20-8-5-13-32-20/h3-13H,14-15H2,1-2H3,(H,25,31)(H,26,30). The molecule has 0 aliphatic carbocycles. The van der Waals surface area contributed by atoms with E-state index in [9.17, 15) is 9.59 Å². The normalized spacial score (nSPS) is 10.7. The molecule has 2 heterocycles. The van der Waals surface area contributed by atoms with Gasteiger partial charge in [0.15, 0.2) is 16.7 Å². The minimum Gasteiger partial charge on any atom is -0.461 e. The van der Waals surface area contributed by atoms with E-state index in [2.05, 4.69) is 20.8 Å². The van der Waals surface area contributed by atoms with Gasteiger partial charge in [-0.2, -0.15) is 0 Å². The summed E-state index contributed by atoms with van der Waals surface area (Å²) in [5, 5.41) is 14.6. The Balaban J connectivity index is 1.36. The third-order valence-corrected chi connectivity index (χ3v) is 5.95. The van der Waals surface area contributed by atoms with Gasteiger partial charge in [-0.1, -0.05) is 53.7 Å². The Labute approximate surface area is 195 Å². The number of nitrogens with zero attached hydrogens (tertiary/aromatic N) is 3. The number of aryl methyl sites for hydroxylation is 1. The zero-order chi connectivity index (χ0) is 23.2. The molecule has 0 aliphatic rings. The summed E-state index contributed by atoms with van der Waals surface area (Å²) < 4.78 is 7.12. The van der Waals surface area contributed by atoms with Crippen molar-refractivity contribution in [2.45, 2.75) is 18.6 Å². The van der Waals surface area contributed by atoms with E-state index in [-0.39, 0.29) is 17.6 Å². The van der Waals surface area contributed by atoms with Gasteiger partial charge in [0.1, 0.15) is 0 Å². The first kappa shape index (κ1) is 22.3. The number of carbonyl (C=O) groups is 2. The Morgan fingerprint density at radius 1 is 1.03 bits per heavy atom. The summed E-state index contributed by atoms with van der Waals surface area (Å²) in [4.78, 5) is 25.3. The summed E-state index contributed by atoms with van der Waals surface area (Å²) >= 11 is 1.25. The molecule has 0 saturated heterocycles. The number of amides is 2. The van der Waals surface area contributed by atoms with Crippen LogP contribution in [0, 0.1) is 6.92 Å². The number of nitrogens with one attached hydrogen (secondary N) is 2. The second-order valence-electron chi connectivity index (χ2n) is 7.39. The van der Waals surface area contributed by atoms with E-state index in [0.717, 1.165) is 11.1 Å². The summed E-state index contributed by atoms with van der Waals surface area (Å²) in [7, 11) is 1.81. The molecule has 0 saturated carbocycles. The number of furan rings is 1. The number of para-hydroxylation sites is 1. The highest BCUT2D eigenvalue weighted by Crippen LogP contribution is 2.23.